The van der Waals surface area contributed by atoms with Crippen molar-refractivity contribution in [3.8, 4) is 11.4 Å². The first kappa shape index (κ1) is 13.1. The second kappa shape index (κ2) is 5.25. The summed E-state index contributed by atoms with van der Waals surface area (Å²) in [5.41, 5.74) is 1.83. The third kappa shape index (κ3) is 2.29. The van der Waals surface area contributed by atoms with E-state index in [0.717, 1.165) is 17.1 Å². The minimum atomic E-state index is 0.0891. The topological polar surface area (TPSA) is 34.5 Å². The SMILES string of the molecule is COc1ccc(-n2cccc2)c(N2CC(S)CC2=O)c1. The van der Waals surface area contributed by atoms with Crippen LogP contribution in [0.3, 0.4) is 0 Å². The Morgan fingerprint density at radius 2 is 2.00 bits per heavy atom. The van der Waals surface area contributed by atoms with Crippen LogP contribution < -0.4 is 9.64 Å². The van der Waals surface area contributed by atoms with E-state index in [1.165, 1.54) is 0 Å². The van der Waals surface area contributed by atoms with Gasteiger partial charge in [0.15, 0.2) is 0 Å². The minimum Gasteiger partial charge on any atom is -0.497 e. The van der Waals surface area contributed by atoms with Gasteiger partial charge in [-0.25, -0.2) is 0 Å². The first-order chi connectivity index (χ1) is 9.69. The third-order valence-corrected chi connectivity index (χ3v) is 3.81. The van der Waals surface area contributed by atoms with Gasteiger partial charge in [-0.15, -0.1) is 0 Å². The lowest BCUT2D eigenvalue weighted by atomic mass is 10.2. The van der Waals surface area contributed by atoms with E-state index >= 15 is 0 Å². The summed E-state index contributed by atoms with van der Waals surface area (Å²) in [7, 11) is 1.63. The second-order valence-corrected chi connectivity index (χ2v) is 5.54. The molecule has 0 spiro atoms. The van der Waals surface area contributed by atoms with E-state index in [2.05, 4.69) is 12.6 Å². The summed E-state index contributed by atoms with van der Waals surface area (Å²) in [5.74, 6) is 0.845. The summed E-state index contributed by atoms with van der Waals surface area (Å²) >= 11 is 4.42. The molecule has 2 aromatic rings. The fourth-order valence-corrected chi connectivity index (χ4v) is 2.80. The van der Waals surface area contributed by atoms with Crippen molar-refractivity contribution in [1.29, 1.82) is 0 Å². The van der Waals surface area contributed by atoms with Gasteiger partial charge >= 0.3 is 0 Å². The van der Waals surface area contributed by atoms with E-state index in [1.807, 2.05) is 47.3 Å². The van der Waals surface area contributed by atoms with Crippen LogP contribution in [0.4, 0.5) is 5.69 Å². The number of methoxy groups -OCH3 is 1. The van der Waals surface area contributed by atoms with E-state index < -0.39 is 0 Å². The zero-order chi connectivity index (χ0) is 14.1. The molecular formula is C15H16N2O2S. The summed E-state index contributed by atoms with van der Waals surface area (Å²) in [6.45, 7) is 0.628. The molecule has 4 nitrogen and oxygen atoms in total. The Balaban J connectivity index is 2.09. The molecule has 1 aromatic heterocycles. The monoisotopic (exact) mass is 288 g/mol. The van der Waals surface area contributed by atoms with Crippen LogP contribution in [0.25, 0.3) is 5.69 Å². The van der Waals surface area contributed by atoms with Gasteiger partial charge in [0.2, 0.25) is 5.91 Å². The normalized spacial score (nSPS) is 18.6. The van der Waals surface area contributed by atoms with Crippen molar-refractivity contribution in [2.75, 3.05) is 18.6 Å². The lowest BCUT2D eigenvalue weighted by molar-refractivity contribution is -0.117. The number of ether oxygens (including phenoxy) is 1. The predicted octanol–water partition coefficient (Wildman–Crippen LogP) is 2.52. The smallest absolute Gasteiger partial charge is 0.228 e. The predicted molar refractivity (Wildman–Crippen MR) is 82.1 cm³/mol. The highest BCUT2D eigenvalue weighted by molar-refractivity contribution is 7.81. The Hall–Kier alpha value is -1.88. The molecule has 1 saturated heterocycles. The molecule has 0 N–H and O–H groups in total. The Bertz CT molecular complexity index is 625. The molecule has 0 radical (unpaired) electrons. The molecule has 3 rings (SSSR count). The van der Waals surface area contributed by atoms with Crippen molar-refractivity contribution >= 4 is 24.2 Å². The molecule has 1 aromatic carbocycles. The fourth-order valence-electron chi connectivity index (χ4n) is 2.48. The molecule has 0 saturated carbocycles. The Kier molecular flexibility index (Phi) is 3.44. The minimum absolute atomic E-state index is 0.0891. The largest absolute Gasteiger partial charge is 0.497 e. The van der Waals surface area contributed by atoms with Crippen molar-refractivity contribution in [3.63, 3.8) is 0 Å². The van der Waals surface area contributed by atoms with Gasteiger partial charge in [-0.3, -0.25) is 4.79 Å². The molecule has 1 atom stereocenters. The highest BCUT2D eigenvalue weighted by Crippen LogP contribution is 2.33. The lowest BCUT2D eigenvalue weighted by Gasteiger charge is -2.21. The van der Waals surface area contributed by atoms with Crippen LogP contribution in [0.1, 0.15) is 6.42 Å². The van der Waals surface area contributed by atoms with Crippen molar-refractivity contribution in [3.05, 3.63) is 42.7 Å². The molecule has 1 aliphatic heterocycles. The van der Waals surface area contributed by atoms with Gasteiger partial charge in [-0.05, 0) is 24.3 Å². The number of aromatic nitrogens is 1. The second-order valence-electron chi connectivity index (χ2n) is 4.81. The summed E-state index contributed by atoms with van der Waals surface area (Å²) in [6.07, 6.45) is 4.40. The van der Waals surface area contributed by atoms with Crippen molar-refractivity contribution in [1.82, 2.24) is 4.57 Å². The van der Waals surface area contributed by atoms with Crippen LogP contribution in [0.5, 0.6) is 5.75 Å². The molecule has 0 bridgehead atoms. The number of nitrogens with zero attached hydrogens (tertiary/aromatic N) is 2. The maximum Gasteiger partial charge on any atom is 0.228 e. The van der Waals surface area contributed by atoms with Gasteiger partial charge in [0.25, 0.3) is 0 Å². The number of carbonyl (C=O) groups excluding carboxylic acids is 1. The van der Waals surface area contributed by atoms with Gasteiger partial charge in [0.1, 0.15) is 5.75 Å². The lowest BCUT2D eigenvalue weighted by Crippen LogP contribution is -2.26. The van der Waals surface area contributed by atoms with Gasteiger partial charge in [-0.2, -0.15) is 12.6 Å². The number of rotatable bonds is 3. The number of amides is 1. The van der Waals surface area contributed by atoms with Crippen molar-refractivity contribution in [2.24, 2.45) is 0 Å². The summed E-state index contributed by atoms with van der Waals surface area (Å²) in [5, 5.41) is 0.0891. The number of hydrogen-bond donors (Lipinski definition) is 1. The van der Waals surface area contributed by atoms with Crippen LogP contribution in [-0.2, 0) is 4.79 Å². The average Bonchev–Trinajstić information content (AvgIpc) is 3.07. The van der Waals surface area contributed by atoms with Crippen LogP contribution in [0, 0.1) is 0 Å². The first-order valence-corrected chi connectivity index (χ1v) is 7.00. The van der Waals surface area contributed by atoms with E-state index in [1.54, 1.807) is 12.0 Å². The molecule has 1 aliphatic rings. The molecule has 2 heterocycles. The van der Waals surface area contributed by atoms with Gasteiger partial charge < -0.3 is 14.2 Å². The molecule has 1 amide bonds. The van der Waals surface area contributed by atoms with E-state index in [0.29, 0.717) is 13.0 Å². The Labute approximate surface area is 123 Å². The summed E-state index contributed by atoms with van der Waals surface area (Å²) in [4.78, 5) is 13.9. The molecular weight excluding hydrogens is 272 g/mol. The van der Waals surface area contributed by atoms with E-state index in [9.17, 15) is 4.79 Å². The van der Waals surface area contributed by atoms with Crippen LogP contribution >= 0.6 is 12.6 Å². The molecule has 1 fully saturated rings. The van der Waals surface area contributed by atoms with Gasteiger partial charge in [0, 0.05) is 36.7 Å². The number of anilines is 1. The summed E-state index contributed by atoms with van der Waals surface area (Å²) < 4.78 is 7.28. The van der Waals surface area contributed by atoms with E-state index in [-0.39, 0.29) is 11.2 Å². The Morgan fingerprint density at radius 3 is 2.60 bits per heavy atom. The summed E-state index contributed by atoms with van der Waals surface area (Å²) in [6, 6.07) is 9.69. The number of hydrogen-bond acceptors (Lipinski definition) is 3. The van der Waals surface area contributed by atoms with E-state index in [4.69, 9.17) is 4.74 Å². The molecule has 1 unspecified atom stereocenters. The number of carbonyl (C=O) groups is 1. The molecule has 104 valence electrons. The maximum absolute atomic E-state index is 12.1. The third-order valence-electron chi connectivity index (χ3n) is 3.46. The quantitative estimate of drug-likeness (QED) is 0.881. The fraction of sp³-hybridized carbons (Fsp3) is 0.267. The van der Waals surface area contributed by atoms with Crippen LogP contribution in [0.2, 0.25) is 0 Å². The van der Waals surface area contributed by atoms with Crippen LogP contribution in [-0.4, -0.2) is 29.4 Å². The average molecular weight is 288 g/mol. The Morgan fingerprint density at radius 1 is 1.25 bits per heavy atom. The zero-order valence-electron chi connectivity index (χ0n) is 11.2. The molecule has 5 heteroatoms. The van der Waals surface area contributed by atoms with Gasteiger partial charge in [0.05, 0.1) is 18.5 Å². The zero-order valence-corrected chi connectivity index (χ0v) is 12.1. The van der Waals surface area contributed by atoms with Crippen LogP contribution in [0.15, 0.2) is 42.7 Å². The molecule has 0 aliphatic carbocycles. The highest BCUT2D eigenvalue weighted by Gasteiger charge is 2.30. The van der Waals surface area contributed by atoms with Crippen molar-refractivity contribution < 1.29 is 9.53 Å². The number of benzene rings is 1. The standard InChI is InChI=1S/C15H16N2O2S/c1-19-11-4-5-13(16-6-2-3-7-16)14(8-11)17-10-12(20)9-15(17)18/h2-8,12,20H,9-10H2,1H3. The first-order valence-electron chi connectivity index (χ1n) is 6.49. The highest BCUT2D eigenvalue weighted by atomic mass is 32.1. The number of thiol groups is 1. The van der Waals surface area contributed by atoms with Crippen molar-refractivity contribution in [2.45, 2.75) is 11.7 Å². The molecule has 20 heavy (non-hydrogen) atoms. The maximum atomic E-state index is 12.1. The van der Waals surface area contributed by atoms with Gasteiger partial charge in [-0.1, -0.05) is 0 Å².